The Morgan fingerprint density at radius 3 is 2.89 bits per heavy atom. The first-order valence-corrected chi connectivity index (χ1v) is 5.53. The summed E-state index contributed by atoms with van der Waals surface area (Å²) in [6.45, 7) is 0.417. The highest BCUT2D eigenvalue weighted by molar-refractivity contribution is 6.34. The van der Waals surface area contributed by atoms with Crippen molar-refractivity contribution in [1.82, 2.24) is 0 Å². The molecule has 0 aliphatic rings. The molecule has 1 heterocycles. The lowest BCUT2D eigenvalue weighted by atomic mass is 10.1. The van der Waals surface area contributed by atoms with Crippen molar-refractivity contribution in [3.8, 4) is 0 Å². The summed E-state index contributed by atoms with van der Waals surface area (Å²) < 4.78 is 4.92. The van der Waals surface area contributed by atoms with Crippen LogP contribution in [0.5, 0.6) is 0 Å². The molecular weight excluding hydrogens is 256 g/mol. The number of furan rings is 1. The normalized spacial score (nSPS) is 10.3. The molecule has 1 aromatic heterocycles. The first kappa shape index (κ1) is 12.3. The minimum absolute atomic E-state index is 0.0449. The number of halogens is 1. The lowest BCUT2D eigenvalue weighted by Gasteiger charge is -2.11. The van der Waals surface area contributed by atoms with Crippen molar-refractivity contribution in [2.24, 2.45) is 0 Å². The van der Waals surface area contributed by atoms with Gasteiger partial charge >= 0.3 is 5.97 Å². The summed E-state index contributed by atoms with van der Waals surface area (Å²) in [7, 11) is 0. The van der Waals surface area contributed by atoms with E-state index < -0.39 is 5.97 Å². The standard InChI is InChI=1S/C12H11ClN2O3/c13-10-4-8(14)3-9(12(16)17)11(10)15-5-7-1-2-18-6-7/h1-4,6,15H,5,14H2,(H,16,17). The Bertz CT molecular complexity index is 567. The molecule has 1 aromatic carbocycles. The molecule has 0 aliphatic heterocycles. The highest BCUT2D eigenvalue weighted by atomic mass is 35.5. The van der Waals surface area contributed by atoms with E-state index in [1.54, 1.807) is 18.6 Å². The number of hydrogen-bond donors (Lipinski definition) is 3. The van der Waals surface area contributed by atoms with E-state index in [0.717, 1.165) is 5.56 Å². The van der Waals surface area contributed by atoms with Crippen molar-refractivity contribution in [1.29, 1.82) is 0 Å². The zero-order valence-electron chi connectivity index (χ0n) is 9.31. The predicted molar refractivity (Wildman–Crippen MR) is 68.9 cm³/mol. The van der Waals surface area contributed by atoms with Crippen molar-refractivity contribution in [3.05, 3.63) is 46.9 Å². The van der Waals surface area contributed by atoms with Crippen LogP contribution in [0.2, 0.25) is 5.02 Å². The first-order chi connectivity index (χ1) is 8.58. The largest absolute Gasteiger partial charge is 0.478 e. The molecule has 5 nitrogen and oxygen atoms in total. The van der Waals surface area contributed by atoms with E-state index in [-0.39, 0.29) is 10.6 Å². The number of carboxylic acid groups (broad SMARTS) is 1. The molecule has 0 aliphatic carbocycles. The summed E-state index contributed by atoms with van der Waals surface area (Å²) in [6, 6.07) is 4.65. The minimum atomic E-state index is -1.08. The van der Waals surface area contributed by atoms with Crippen LogP contribution in [0.25, 0.3) is 0 Å². The third kappa shape index (κ3) is 2.57. The maximum absolute atomic E-state index is 11.1. The summed E-state index contributed by atoms with van der Waals surface area (Å²) in [5.41, 5.74) is 7.16. The molecule has 0 radical (unpaired) electrons. The molecule has 0 saturated heterocycles. The van der Waals surface area contributed by atoms with Gasteiger partial charge in [-0.05, 0) is 18.2 Å². The second kappa shape index (κ2) is 5.01. The number of nitrogen functional groups attached to an aromatic ring is 1. The Morgan fingerprint density at radius 1 is 1.50 bits per heavy atom. The number of aromatic carboxylic acids is 1. The Labute approximate surface area is 108 Å². The topological polar surface area (TPSA) is 88.5 Å². The Morgan fingerprint density at radius 2 is 2.28 bits per heavy atom. The first-order valence-electron chi connectivity index (χ1n) is 5.15. The van der Waals surface area contributed by atoms with Gasteiger partial charge in [-0.25, -0.2) is 4.79 Å². The van der Waals surface area contributed by atoms with Gasteiger partial charge in [0.2, 0.25) is 0 Å². The summed E-state index contributed by atoms with van der Waals surface area (Å²) in [5.74, 6) is -1.08. The van der Waals surface area contributed by atoms with Crippen molar-refractivity contribution in [2.45, 2.75) is 6.54 Å². The Hall–Kier alpha value is -2.14. The van der Waals surface area contributed by atoms with Gasteiger partial charge in [0.15, 0.2) is 0 Å². The van der Waals surface area contributed by atoms with Crippen LogP contribution in [-0.2, 0) is 6.54 Å². The van der Waals surface area contributed by atoms with E-state index in [1.807, 2.05) is 0 Å². The number of nitrogens with two attached hydrogens (primary N) is 1. The van der Waals surface area contributed by atoms with E-state index in [9.17, 15) is 4.79 Å². The number of carbonyl (C=O) groups is 1. The van der Waals surface area contributed by atoms with Crippen molar-refractivity contribution in [3.63, 3.8) is 0 Å². The van der Waals surface area contributed by atoms with Gasteiger partial charge < -0.3 is 20.6 Å². The molecule has 0 amide bonds. The second-order valence-electron chi connectivity index (χ2n) is 3.72. The molecule has 0 fully saturated rings. The van der Waals surface area contributed by atoms with E-state index in [1.165, 1.54) is 12.1 Å². The monoisotopic (exact) mass is 266 g/mol. The molecule has 0 atom stereocenters. The van der Waals surface area contributed by atoms with Gasteiger partial charge in [0, 0.05) is 17.8 Å². The summed E-state index contributed by atoms with van der Waals surface area (Å²) in [4.78, 5) is 11.1. The van der Waals surface area contributed by atoms with Gasteiger partial charge in [-0.3, -0.25) is 0 Å². The van der Waals surface area contributed by atoms with Crippen molar-refractivity contribution < 1.29 is 14.3 Å². The van der Waals surface area contributed by atoms with Crippen LogP contribution < -0.4 is 11.1 Å². The molecule has 6 heteroatoms. The summed E-state index contributed by atoms with van der Waals surface area (Å²) >= 11 is 5.99. The third-order valence-corrected chi connectivity index (χ3v) is 2.69. The highest BCUT2D eigenvalue weighted by Gasteiger charge is 2.14. The Balaban J connectivity index is 2.28. The molecule has 2 aromatic rings. The van der Waals surface area contributed by atoms with Crippen molar-refractivity contribution in [2.75, 3.05) is 11.1 Å². The molecule has 0 unspecified atom stereocenters. The molecule has 0 saturated carbocycles. The van der Waals surface area contributed by atoms with Gasteiger partial charge in [0.05, 0.1) is 28.8 Å². The maximum atomic E-state index is 11.1. The van der Waals surface area contributed by atoms with Crippen LogP contribution in [0.4, 0.5) is 11.4 Å². The number of nitrogens with one attached hydrogen (secondary N) is 1. The number of benzene rings is 1. The van der Waals surface area contributed by atoms with Gasteiger partial charge in [-0.2, -0.15) is 0 Å². The van der Waals surface area contributed by atoms with Crippen LogP contribution in [0.1, 0.15) is 15.9 Å². The second-order valence-corrected chi connectivity index (χ2v) is 4.12. The number of carboxylic acids is 1. The molecule has 0 spiro atoms. The predicted octanol–water partition coefficient (Wildman–Crippen LogP) is 2.83. The van der Waals surface area contributed by atoms with Crippen LogP contribution in [-0.4, -0.2) is 11.1 Å². The summed E-state index contributed by atoms with van der Waals surface area (Å²) in [5, 5.41) is 12.3. The molecule has 94 valence electrons. The average molecular weight is 267 g/mol. The zero-order chi connectivity index (χ0) is 13.1. The van der Waals surface area contributed by atoms with Gasteiger partial charge in [-0.1, -0.05) is 11.6 Å². The van der Waals surface area contributed by atoms with Gasteiger partial charge in [0.25, 0.3) is 0 Å². The molecule has 2 rings (SSSR count). The van der Waals surface area contributed by atoms with Crippen LogP contribution in [0.3, 0.4) is 0 Å². The van der Waals surface area contributed by atoms with Gasteiger partial charge in [-0.15, -0.1) is 0 Å². The lowest BCUT2D eigenvalue weighted by molar-refractivity contribution is 0.0698. The van der Waals surface area contributed by atoms with E-state index in [2.05, 4.69) is 5.32 Å². The van der Waals surface area contributed by atoms with E-state index in [4.69, 9.17) is 26.9 Å². The molecular formula is C12H11ClN2O3. The SMILES string of the molecule is Nc1cc(Cl)c(NCc2ccoc2)c(C(=O)O)c1. The molecule has 4 N–H and O–H groups in total. The van der Waals surface area contributed by atoms with Crippen LogP contribution >= 0.6 is 11.6 Å². The lowest BCUT2D eigenvalue weighted by Crippen LogP contribution is -2.07. The van der Waals surface area contributed by atoms with E-state index >= 15 is 0 Å². The fourth-order valence-electron chi connectivity index (χ4n) is 1.56. The smallest absolute Gasteiger partial charge is 0.337 e. The van der Waals surface area contributed by atoms with Gasteiger partial charge in [0.1, 0.15) is 0 Å². The molecule has 0 bridgehead atoms. The third-order valence-electron chi connectivity index (χ3n) is 2.39. The Kier molecular flexibility index (Phi) is 3.43. The fourth-order valence-corrected chi connectivity index (χ4v) is 1.85. The van der Waals surface area contributed by atoms with Crippen LogP contribution in [0, 0.1) is 0 Å². The quantitative estimate of drug-likeness (QED) is 0.741. The van der Waals surface area contributed by atoms with Crippen molar-refractivity contribution >= 4 is 28.9 Å². The zero-order valence-corrected chi connectivity index (χ0v) is 10.1. The number of hydrogen-bond acceptors (Lipinski definition) is 4. The fraction of sp³-hybridized carbons (Fsp3) is 0.0833. The maximum Gasteiger partial charge on any atom is 0.337 e. The average Bonchev–Trinajstić information content (AvgIpc) is 2.79. The number of rotatable bonds is 4. The minimum Gasteiger partial charge on any atom is -0.478 e. The highest BCUT2D eigenvalue weighted by Crippen LogP contribution is 2.29. The number of anilines is 2. The summed E-state index contributed by atoms with van der Waals surface area (Å²) in [6.07, 6.45) is 3.11. The molecule has 18 heavy (non-hydrogen) atoms. The van der Waals surface area contributed by atoms with Crippen LogP contribution in [0.15, 0.2) is 35.1 Å². The van der Waals surface area contributed by atoms with E-state index in [0.29, 0.717) is 17.9 Å².